The van der Waals surface area contributed by atoms with Gasteiger partial charge in [-0.25, -0.2) is 4.79 Å². The number of hydrogen-bond donors (Lipinski definition) is 1. The molecule has 1 N–H and O–H groups in total. The first-order valence-electron chi connectivity index (χ1n) is 8.01. The molecule has 0 amide bonds. The number of aryl methyl sites for hydroxylation is 2. The van der Waals surface area contributed by atoms with E-state index >= 15 is 0 Å². The number of ether oxygens (including phenoxy) is 1. The van der Waals surface area contributed by atoms with Crippen molar-refractivity contribution in [1.29, 1.82) is 0 Å². The van der Waals surface area contributed by atoms with Gasteiger partial charge in [0.2, 0.25) is 0 Å². The zero-order valence-corrected chi connectivity index (χ0v) is 17.0. The van der Waals surface area contributed by atoms with Gasteiger partial charge in [-0.3, -0.25) is 4.99 Å². The summed E-state index contributed by atoms with van der Waals surface area (Å²) >= 11 is -1.60. The number of rotatable bonds is 4. The molecule has 6 nitrogen and oxygen atoms in total. The van der Waals surface area contributed by atoms with Crippen molar-refractivity contribution in [2.75, 3.05) is 0 Å². The number of phenolic OH excluding ortho intramolecular Hbond substituents is 1. The highest BCUT2D eigenvalue weighted by Gasteiger charge is 2.11. The molecule has 1 aliphatic rings. The quantitative estimate of drug-likeness (QED) is 0.375. The Kier molecular flexibility index (Phi) is 5.80. The van der Waals surface area contributed by atoms with Crippen LogP contribution in [0.4, 0.5) is 11.4 Å². The number of esters is 1. The maximum absolute atomic E-state index is 12.3. The molecule has 2 aromatic rings. The number of aliphatic imine (C=N–C) groups is 1. The fourth-order valence-electron chi connectivity index (χ4n) is 2.38. The molecule has 3 rings (SSSR count). The van der Waals surface area contributed by atoms with E-state index in [4.69, 9.17) is 4.74 Å². The van der Waals surface area contributed by atoms with Gasteiger partial charge in [-0.2, -0.15) is 10.2 Å². The second-order valence-corrected chi connectivity index (χ2v) is 9.55. The van der Waals surface area contributed by atoms with Crippen molar-refractivity contribution >= 4 is 49.0 Å². The van der Waals surface area contributed by atoms with Crippen molar-refractivity contribution in [2.45, 2.75) is 13.8 Å². The number of azo groups is 1. The summed E-state index contributed by atoms with van der Waals surface area (Å²) in [5.74, 6) is 0.210. The van der Waals surface area contributed by atoms with E-state index in [0.29, 0.717) is 22.7 Å². The van der Waals surface area contributed by atoms with E-state index in [0.717, 1.165) is 11.1 Å². The smallest absolute Gasteiger partial charge is 0.343 e. The van der Waals surface area contributed by atoms with E-state index in [9.17, 15) is 9.90 Å². The number of carbonyl (C=O) groups is 1. The van der Waals surface area contributed by atoms with E-state index in [-0.39, 0.29) is 5.75 Å². The van der Waals surface area contributed by atoms with E-state index in [1.165, 1.54) is 6.20 Å². The van der Waals surface area contributed by atoms with Crippen LogP contribution >= 0.6 is 18.9 Å². The van der Waals surface area contributed by atoms with Crippen LogP contribution in [0.1, 0.15) is 21.5 Å². The summed E-state index contributed by atoms with van der Waals surface area (Å²) in [6.07, 6.45) is 1.51. The van der Waals surface area contributed by atoms with Crippen LogP contribution < -0.4 is 0 Å². The van der Waals surface area contributed by atoms with Crippen LogP contribution in [0.2, 0.25) is 0 Å². The van der Waals surface area contributed by atoms with Gasteiger partial charge in [-0.05, 0) is 55.3 Å². The minimum Gasteiger partial charge on any atom is -0.507 e. The molecule has 0 atom stereocenters. The Hall–Kier alpha value is -2.81. The van der Waals surface area contributed by atoms with Crippen molar-refractivity contribution in [1.82, 2.24) is 0 Å². The van der Waals surface area contributed by atoms with Gasteiger partial charge in [0.05, 0.1) is 27.4 Å². The maximum atomic E-state index is 12.3. The molecule has 0 radical (unpaired) electrons. The summed E-state index contributed by atoms with van der Waals surface area (Å²) in [5.41, 5.74) is 2.99. The molecule has 0 unspecified atom stereocenters. The van der Waals surface area contributed by atoms with E-state index < -0.39 is 24.8 Å². The van der Waals surface area contributed by atoms with Crippen molar-refractivity contribution in [2.24, 2.45) is 15.2 Å². The zero-order valence-electron chi connectivity index (χ0n) is 14.9. The Labute approximate surface area is 163 Å². The fourth-order valence-corrected chi connectivity index (χ4v) is 4.20. The molecule has 1 heterocycles. The van der Waals surface area contributed by atoms with Gasteiger partial charge >= 0.3 is 5.97 Å². The predicted molar refractivity (Wildman–Crippen MR) is 117 cm³/mol. The normalized spacial score (nSPS) is 14.1. The molecule has 0 bridgehead atoms. The summed E-state index contributed by atoms with van der Waals surface area (Å²) in [6, 6.07) is 10.2. The van der Waals surface area contributed by atoms with Crippen molar-refractivity contribution in [3.63, 3.8) is 0 Å². The lowest BCUT2D eigenvalue weighted by molar-refractivity contribution is 0.0646. The molecule has 0 aliphatic carbocycles. The van der Waals surface area contributed by atoms with Crippen LogP contribution in [0.3, 0.4) is 0 Å². The number of phenols is 1. The minimum absolute atomic E-state index is 0.254. The highest BCUT2D eigenvalue weighted by molar-refractivity contribution is 14.2. The molecular formula is C20H18IN3O3. The van der Waals surface area contributed by atoms with Gasteiger partial charge in [0, 0.05) is 4.01 Å². The Morgan fingerprint density at radius 1 is 1.15 bits per heavy atom. The summed E-state index contributed by atoms with van der Waals surface area (Å²) < 4.78 is 13.0. The summed E-state index contributed by atoms with van der Waals surface area (Å²) in [6.45, 7) is 3.61. The average molecular weight is 475 g/mol. The number of halogens is 1. The standard InChI is InChI=1S/C20H18IN3O3/c1-13-7-17(8-14(2)19(13)25)24-23-16-6-4-5-15(9-16)20(26)27-18-10-21(3)12-22-11-18/h4-12,25H,3H2,1-2H3. The number of benzene rings is 2. The largest absolute Gasteiger partial charge is 0.507 e. The molecule has 0 saturated heterocycles. The highest BCUT2D eigenvalue weighted by Crippen LogP contribution is 2.28. The average Bonchev–Trinajstić information content (AvgIpc) is 2.64. The van der Waals surface area contributed by atoms with Gasteiger partial charge in [-0.1, -0.05) is 10.6 Å². The Morgan fingerprint density at radius 3 is 2.56 bits per heavy atom. The fraction of sp³-hybridized carbons (Fsp3) is 0.100. The Morgan fingerprint density at radius 2 is 1.85 bits per heavy atom. The van der Waals surface area contributed by atoms with E-state index in [2.05, 4.69) is 19.7 Å². The lowest BCUT2D eigenvalue weighted by Crippen LogP contribution is -2.06. The van der Waals surface area contributed by atoms with Gasteiger partial charge in [0.1, 0.15) is 5.75 Å². The van der Waals surface area contributed by atoms with Gasteiger partial charge < -0.3 is 9.84 Å². The van der Waals surface area contributed by atoms with E-state index in [1.807, 2.05) is 8.23 Å². The van der Waals surface area contributed by atoms with Crippen molar-refractivity contribution < 1.29 is 14.6 Å². The summed E-state index contributed by atoms with van der Waals surface area (Å²) in [5, 5.41) is 18.2. The lowest BCUT2D eigenvalue weighted by Gasteiger charge is -2.06. The number of hydrogen-bond acceptors (Lipinski definition) is 6. The number of nitrogens with zero attached hydrogens (tertiary/aromatic N) is 3. The maximum Gasteiger partial charge on any atom is 0.343 e. The second kappa shape index (κ2) is 8.26. The SMILES string of the molecule is C=I1=CC(OC(=O)c2cccc(N=Nc3cc(C)c(O)c(C)c3)c2)=CN=C1. The highest BCUT2D eigenvalue weighted by atomic mass is 127. The van der Waals surface area contributed by atoms with Gasteiger partial charge in [0.15, 0.2) is 5.76 Å². The predicted octanol–water partition coefficient (Wildman–Crippen LogP) is 5.21. The Bertz CT molecular complexity index is 1050. The molecule has 138 valence electrons. The molecule has 0 fully saturated rings. The molecular weight excluding hydrogens is 457 g/mol. The molecule has 1 aliphatic heterocycles. The van der Waals surface area contributed by atoms with Crippen LogP contribution in [-0.2, 0) is 4.74 Å². The topological polar surface area (TPSA) is 83.6 Å². The zero-order chi connectivity index (χ0) is 19.4. The van der Waals surface area contributed by atoms with Gasteiger partial charge in [-0.15, -0.1) is 18.9 Å². The lowest BCUT2D eigenvalue weighted by atomic mass is 10.1. The van der Waals surface area contributed by atoms with Crippen LogP contribution in [0.25, 0.3) is 0 Å². The molecule has 2 aromatic carbocycles. The number of carbonyl (C=O) groups excluding carboxylic acids is 1. The third-order valence-electron chi connectivity index (χ3n) is 3.68. The third-order valence-corrected chi connectivity index (χ3v) is 6.13. The van der Waals surface area contributed by atoms with E-state index in [1.54, 1.807) is 50.2 Å². The first-order valence-corrected chi connectivity index (χ1v) is 12.0. The number of aromatic hydroxyl groups is 1. The summed E-state index contributed by atoms with van der Waals surface area (Å²) in [4.78, 5) is 16.4. The minimum atomic E-state index is -1.60. The third kappa shape index (κ3) is 4.88. The number of allylic oxidation sites excluding steroid dienone is 1. The molecule has 7 heteroatoms. The van der Waals surface area contributed by atoms with Crippen molar-refractivity contribution in [3.8, 4) is 5.75 Å². The first-order chi connectivity index (χ1) is 12.9. The molecule has 0 aromatic heterocycles. The van der Waals surface area contributed by atoms with Crippen LogP contribution in [0.5, 0.6) is 5.75 Å². The second-order valence-electron chi connectivity index (χ2n) is 5.89. The monoisotopic (exact) mass is 475 g/mol. The Balaban J connectivity index is 1.77. The first kappa shape index (κ1) is 19.0. The van der Waals surface area contributed by atoms with Crippen molar-refractivity contribution in [3.05, 3.63) is 65.0 Å². The molecule has 27 heavy (non-hydrogen) atoms. The van der Waals surface area contributed by atoms with Crippen LogP contribution in [-0.4, -0.2) is 23.8 Å². The summed E-state index contributed by atoms with van der Waals surface area (Å²) in [7, 11) is 0. The van der Waals surface area contributed by atoms with Crippen LogP contribution in [0, 0.1) is 13.8 Å². The van der Waals surface area contributed by atoms with Crippen LogP contribution in [0.15, 0.2) is 63.6 Å². The molecule has 0 saturated carbocycles. The van der Waals surface area contributed by atoms with Gasteiger partial charge in [0.25, 0.3) is 0 Å². The molecule has 0 spiro atoms.